The summed E-state index contributed by atoms with van der Waals surface area (Å²) in [6.07, 6.45) is 3.47. The van der Waals surface area contributed by atoms with Crippen molar-refractivity contribution < 1.29 is 9.47 Å². The highest BCUT2D eigenvalue weighted by Gasteiger charge is 2.23. The Kier molecular flexibility index (Phi) is 5.30. The maximum Gasteiger partial charge on any atom is 0.167 e. The molecule has 32 heavy (non-hydrogen) atoms. The van der Waals surface area contributed by atoms with Crippen LogP contribution in [0.2, 0.25) is 0 Å². The van der Waals surface area contributed by atoms with Gasteiger partial charge in [-0.05, 0) is 54.0 Å². The van der Waals surface area contributed by atoms with Crippen LogP contribution in [0, 0.1) is 0 Å². The van der Waals surface area contributed by atoms with E-state index in [0.717, 1.165) is 33.0 Å². The summed E-state index contributed by atoms with van der Waals surface area (Å²) in [5, 5.41) is 16.2. The van der Waals surface area contributed by atoms with E-state index < -0.39 is 0 Å². The molecule has 2 aromatic carbocycles. The van der Waals surface area contributed by atoms with Crippen LogP contribution in [0.25, 0.3) is 22.8 Å². The number of ether oxygens (including phenoxy) is 2. The van der Waals surface area contributed by atoms with E-state index in [4.69, 9.17) is 15.2 Å². The molecule has 9 nitrogen and oxygen atoms in total. The van der Waals surface area contributed by atoms with Crippen LogP contribution < -0.4 is 15.2 Å². The van der Waals surface area contributed by atoms with E-state index >= 15 is 0 Å². The third kappa shape index (κ3) is 3.50. The average molecular weight is 496 g/mol. The summed E-state index contributed by atoms with van der Waals surface area (Å²) in [7, 11) is 0. The summed E-state index contributed by atoms with van der Waals surface area (Å²) in [6, 6.07) is 12.1. The molecular weight excluding hydrogens is 474 g/mol. The number of hydrogen-bond donors (Lipinski definition) is 1. The molecule has 4 aromatic rings. The first-order chi connectivity index (χ1) is 15.5. The third-order valence-corrected chi connectivity index (χ3v) is 6.15. The minimum absolute atomic E-state index is 0.205. The van der Waals surface area contributed by atoms with Crippen LogP contribution in [0.15, 0.2) is 53.5 Å². The fourth-order valence-electron chi connectivity index (χ4n) is 3.81. The molecule has 10 heteroatoms. The summed E-state index contributed by atoms with van der Waals surface area (Å²) >= 11 is 3.49. The summed E-state index contributed by atoms with van der Waals surface area (Å²) in [5.41, 5.74) is 8.43. The molecule has 0 saturated carbocycles. The summed E-state index contributed by atoms with van der Waals surface area (Å²) in [4.78, 5) is 0. The fourth-order valence-corrected chi connectivity index (χ4v) is 4.29. The fraction of sp³-hybridized carbons (Fsp3) is 0.273. The number of nitrogens with zero attached hydrogens (tertiary/aromatic N) is 6. The molecule has 2 aliphatic rings. The first-order valence-electron chi connectivity index (χ1n) is 10.3. The van der Waals surface area contributed by atoms with Crippen LogP contribution >= 0.6 is 15.9 Å². The Morgan fingerprint density at radius 1 is 0.844 bits per heavy atom. The lowest BCUT2D eigenvalue weighted by Crippen LogP contribution is -2.11. The van der Waals surface area contributed by atoms with Crippen LogP contribution in [0.1, 0.15) is 25.9 Å². The van der Waals surface area contributed by atoms with Gasteiger partial charge in [0.05, 0.1) is 33.4 Å². The van der Waals surface area contributed by atoms with Gasteiger partial charge in [-0.25, -0.2) is 0 Å². The van der Waals surface area contributed by atoms with Gasteiger partial charge in [0.25, 0.3) is 0 Å². The molecule has 4 heterocycles. The first kappa shape index (κ1) is 20.5. The molecule has 2 N–H and O–H groups in total. The van der Waals surface area contributed by atoms with E-state index in [1.807, 2.05) is 45.5 Å². The van der Waals surface area contributed by atoms with Crippen LogP contribution in [0.5, 0.6) is 11.5 Å². The molecule has 0 radical (unpaired) electrons. The number of nitrogens with two attached hydrogens (primary N) is 1. The van der Waals surface area contributed by atoms with Crippen molar-refractivity contribution in [2.24, 2.45) is 0 Å². The maximum absolute atomic E-state index is 5.90. The minimum atomic E-state index is 0.205. The van der Waals surface area contributed by atoms with E-state index in [0.29, 0.717) is 24.7 Å². The van der Waals surface area contributed by atoms with Crippen LogP contribution in [0.3, 0.4) is 0 Å². The van der Waals surface area contributed by atoms with Gasteiger partial charge in [0.1, 0.15) is 31.6 Å². The van der Waals surface area contributed by atoms with Crippen molar-refractivity contribution in [2.75, 3.05) is 18.9 Å². The highest BCUT2D eigenvalue weighted by Crippen LogP contribution is 2.39. The van der Waals surface area contributed by atoms with Gasteiger partial charge in [-0.15, -0.1) is 20.4 Å². The standard InChI is InChI=1S/C11H10BrN3O.C11H12N4O/c2*1-7-5-16-10-8(3-2-4-9(10)12)11-14-13-6-15(7)11/h2-4,6-7H,5H2,1H3;2-4,6-7H,5,12H2,1H3/t2*7-/m11/s1. The number of hydrogen-bond acceptors (Lipinski definition) is 7. The number of anilines is 1. The molecule has 0 spiro atoms. The molecule has 2 aromatic heterocycles. The Labute approximate surface area is 193 Å². The second kappa shape index (κ2) is 8.27. The van der Waals surface area contributed by atoms with Crippen molar-refractivity contribution in [1.82, 2.24) is 29.5 Å². The lowest BCUT2D eigenvalue weighted by molar-refractivity contribution is 0.268. The van der Waals surface area contributed by atoms with Crippen LogP contribution in [-0.4, -0.2) is 42.7 Å². The zero-order valence-electron chi connectivity index (χ0n) is 17.6. The molecule has 0 unspecified atom stereocenters. The van der Waals surface area contributed by atoms with Crippen molar-refractivity contribution in [3.8, 4) is 34.3 Å². The maximum atomic E-state index is 5.90. The molecular formula is C22H22BrN7O2. The van der Waals surface area contributed by atoms with Gasteiger partial charge in [0.2, 0.25) is 0 Å². The molecule has 2 atom stereocenters. The van der Waals surface area contributed by atoms with Gasteiger partial charge >= 0.3 is 0 Å². The number of fused-ring (bicyclic) bond motifs is 6. The van der Waals surface area contributed by atoms with E-state index in [-0.39, 0.29) is 12.1 Å². The second-order valence-electron chi connectivity index (χ2n) is 7.78. The van der Waals surface area contributed by atoms with Crippen molar-refractivity contribution in [2.45, 2.75) is 25.9 Å². The van der Waals surface area contributed by atoms with Crippen molar-refractivity contribution in [1.29, 1.82) is 0 Å². The highest BCUT2D eigenvalue weighted by molar-refractivity contribution is 9.10. The van der Waals surface area contributed by atoms with Crippen LogP contribution in [-0.2, 0) is 0 Å². The van der Waals surface area contributed by atoms with E-state index in [1.165, 1.54) is 0 Å². The van der Waals surface area contributed by atoms with Crippen molar-refractivity contribution >= 4 is 21.6 Å². The first-order valence-corrected chi connectivity index (χ1v) is 11.1. The Bertz CT molecular complexity index is 1170. The van der Waals surface area contributed by atoms with Gasteiger partial charge in [0, 0.05) is 0 Å². The molecule has 0 fully saturated rings. The van der Waals surface area contributed by atoms with E-state index in [9.17, 15) is 0 Å². The lowest BCUT2D eigenvalue weighted by Gasteiger charge is -2.11. The normalized spacial score (nSPS) is 18.2. The number of rotatable bonds is 0. The number of benzene rings is 2. The van der Waals surface area contributed by atoms with Crippen molar-refractivity contribution in [3.63, 3.8) is 0 Å². The monoisotopic (exact) mass is 495 g/mol. The molecule has 0 aliphatic carbocycles. The smallest absolute Gasteiger partial charge is 0.167 e. The molecule has 2 aliphatic heterocycles. The van der Waals surface area contributed by atoms with Gasteiger partial charge in [-0.2, -0.15) is 0 Å². The van der Waals surface area contributed by atoms with E-state index in [1.54, 1.807) is 12.7 Å². The van der Waals surface area contributed by atoms with Gasteiger partial charge in [-0.1, -0.05) is 12.1 Å². The molecule has 0 saturated heterocycles. The molecule has 0 amide bonds. The Hall–Kier alpha value is -3.40. The quantitative estimate of drug-likeness (QED) is 0.365. The summed E-state index contributed by atoms with van der Waals surface area (Å²) in [6.45, 7) is 5.36. The van der Waals surface area contributed by atoms with Gasteiger partial charge in [0.15, 0.2) is 17.4 Å². The Morgan fingerprint density at radius 3 is 2.00 bits per heavy atom. The predicted octanol–water partition coefficient (Wildman–Crippen LogP) is 4.14. The molecule has 164 valence electrons. The van der Waals surface area contributed by atoms with E-state index in [2.05, 4.69) is 50.2 Å². The Morgan fingerprint density at radius 2 is 1.38 bits per heavy atom. The summed E-state index contributed by atoms with van der Waals surface area (Å²) in [5.74, 6) is 3.23. The second-order valence-corrected chi connectivity index (χ2v) is 8.64. The predicted molar refractivity (Wildman–Crippen MR) is 123 cm³/mol. The van der Waals surface area contributed by atoms with Crippen molar-refractivity contribution in [3.05, 3.63) is 53.5 Å². The summed E-state index contributed by atoms with van der Waals surface area (Å²) < 4.78 is 16.5. The molecule has 6 rings (SSSR count). The zero-order chi connectivity index (χ0) is 22.2. The number of nitrogen functional groups attached to an aromatic ring is 1. The third-order valence-electron chi connectivity index (χ3n) is 5.53. The van der Waals surface area contributed by atoms with Gasteiger partial charge in [-0.3, -0.25) is 0 Å². The average Bonchev–Trinajstić information content (AvgIpc) is 3.42. The largest absolute Gasteiger partial charge is 0.489 e. The number of halogens is 1. The minimum Gasteiger partial charge on any atom is -0.489 e. The van der Waals surface area contributed by atoms with Crippen LogP contribution in [0.4, 0.5) is 5.69 Å². The Balaban J connectivity index is 0.000000135. The zero-order valence-corrected chi connectivity index (χ0v) is 19.2. The highest BCUT2D eigenvalue weighted by atomic mass is 79.9. The molecule has 0 bridgehead atoms. The number of aromatic nitrogens is 6. The van der Waals surface area contributed by atoms with Gasteiger partial charge < -0.3 is 24.3 Å². The lowest BCUT2D eigenvalue weighted by atomic mass is 10.1. The topological polar surface area (TPSA) is 106 Å². The SMILES string of the molecule is C[C@@H]1COc2c(Br)cccc2-c2nncn21.C[C@@H]1COc2c(N)cccc2-c2nncn21. The number of para-hydroxylation sites is 2.